The van der Waals surface area contributed by atoms with E-state index in [9.17, 15) is 4.79 Å². The first-order valence-corrected chi connectivity index (χ1v) is 4.20. The van der Waals surface area contributed by atoms with Crippen LogP contribution in [0.3, 0.4) is 0 Å². The SMILES string of the molecule is CCOC(=O)[C@@H]1C[C@H](OC)CN1. The Kier molecular flexibility index (Phi) is 3.49. The van der Waals surface area contributed by atoms with E-state index in [1.165, 1.54) is 0 Å². The minimum atomic E-state index is -0.171. The summed E-state index contributed by atoms with van der Waals surface area (Å²) in [4.78, 5) is 11.2. The highest BCUT2D eigenvalue weighted by Gasteiger charge is 2.29. The lowest BCUT2D eigenvalue weighted by Crippen LogP contribution is -2.32. The molecule has 70 valence electrons. The van der Waals surface area contributed by atoms with Crippen LogP contribution in [-0.4, -0.2) is 38.4 Å². The Morgan fingerprint density at radius 2 is 2.42 bits per heavy atom. The van der Waals surface area contributed by atoms with Crippen molar-refractivity contribution in [2.45, 2.75) is 25.5 Å². The second kappa shape index (κ2) is 4.42. The molecule has 12 heavy (non-hydrogen) atoms. The first kappa shape index (κ1) is 9.48. The highest BCUT2D eigenvalue weighted by atomic mass is 16.5. The van der Waals surface area contributed by atoms with Gasteiger partial charge in [-0.05, 0) is 6.92 Å². The molecule has 0 amide bonds. The minimum absolute atomic E-state index is 0.152. The lowest BCUT2D eigenvalue weighted by Gasteiger charge is -2.08. The number of carbonyl (C=O) groups excluding carboxylic acids is 1. The van der Waals surface area contributed by atoms with Crippen molar-refractivity contribution in [2.75, 3.05) is 20.3 Å². The predicted octanol–water partition coefficient (Wildman–Crippen LogP) is -0.0736. The highest BCUT2D eigenvalue weighted by Crippen LogP contribution is 2.10. The zero-order valence-corrected chi connectivity index (χ0v) is 7.50. The van der Waals surface area contributed by atoms with Crippen molar-refractivity contribution in [2.24, 2.45) is 0 Å². The fourth-order valence-corrected chi connectivity index (χ4v) is 1.31. The standard InChI is InChI=1S/C8H15NO3/c1-3-12-8(10)7-4-6(11-2)5-9-7/h6-7,9H,3-5H2,1-2H3/t6-,7-/m0/s1. The lowest BCUT2D eigenvalue weighted by atomic mass is 10.2. The molecule has 1 aliphatic heterocycles. The number of carbonyl (C=O) groups is 1. The average molecular weight is 173 g/mol. The zero-order chi connectivity index (χ0) is 8.97. The summed E-state index contributed by atoms with van der Waals surface area (Å²) in [7, 11) is 1.65. The molecule has 1 N–H and O–H groups in total. The Labute approximate surface area is 72.2 Å². The normalized spacial score (nSPS) is 28.8. The third-order valence-electron chi connectivity index (χ3n) is 1.99. The maximum absolute atomic E-state index is 11.2. The van der Waals surface area contributed by atoms with Crippen LogP contribution in [0.2, 0.25) is 0 Å². The van der Waals surface area contributed by atoms with Crippen LogP contribution in [0.15, 0.2) is 0 Å². The van der Waals surface area contributed by atoms with E-state index >= 15 is 0 Å². The summed E-state index contributed by atoms with van der Waals surface area (Å²) < 4.78 is 9.96. The summed E-state index contributed by atoms with van der Waals surface area (Å²) in [5.74, 6) is -0.169. The molecule has 0 bridgehead atoms. The smallest absolute Gasteiger partial charge is 0.323 e. The molecule has 0 radical (unpaired) electrons. The second-order valence-electron chi connectivity index (χ2n) is 2.81. The van der Waals surface area contributed by atoms with Crippen molar-refractivity contribution in [1.29, 1.82) is 0 Å². The van der Waals surface area contributed by atoms with Crippen molar-refractivity contribution in [3.05, 3.63) is 0 Å². The summed E-state index contributed by atoms with van der Waals surface area (Å²) >= 11 is 0. The number of nitrogens with one attached hydrogen (secondary N) is 1. The van der Waals surface area contributed by atoms with Crippen molar-refractivity contribution in [3.63, 3.8) is 0 Å². The van der Waals surface area contributed by atoms with Gasteiger partial charge < -0.3 is 14.8 Å². The van der Waals surface area contributed by atoms with Crippen molar-refractivity contribution in [1.82, 2.24) is 5.32 Å². The van der Waals surface area contributed by atoms with E-state index in [1.54, 1.807) is 14.0 Å². The van der Waals surface area contributed by atoms with E-state index in [4.69, 9.17) is 9.47 Å². The monoisotopic (exact) mass is 173 g/mol. The van der Waals surface area contributed by atoms with Gasteiger partial charge in [0.05, 0.1) is 12.7 Å². The van der Waals surface area contributed by atoms with Gasteiger partial charge in [0.2, 0.25) is 0 Å². The summed E-state index contributed by atoms with van der Waals surface area (Å²) in [6.45, 7) is 2.98. The third kappa shape index (κ3) is 2.19. The van der Waals surface area contributed by atoms with E-state index in [2.05, 4.69) is 5.32 Å². The molecule has 1 saturated heterocycles. The van der Waals surface area contributed by atoms with E-state index in [0.717, 1.165) is 13.0 Å². The Morgan fingerprint density at radius 1 is 1.67 bits per heavy atom. The molecule has 0 aromatic rings. The Hall–Kier alpha value is -0.610. The Bertz CT molecular complexity index is 160. The van der Waals surface area contributed by atoms with Crippen LogP contribution in [0.1, 0.15) is 13.3 Å². The molecule has 0 aromatic heterocycles. The number of methoxy groups -OCH3 is 1. The van der Waals surface area contributed by atoms with Crippen LogP contribution < -0.4 is 5.32 Å². The Balaban J connectivity index is 2.31. The van der Waals surface area contributed by atoms with Gasteiger partial charge in [-0.15, -0.1) is 0 Å². The van der Waals surface area contributed by atoms with Crippen LogP contribution in [0, 0.1) is 0 Å². The van der Waals surface area contributed by atoms with Gasteiger partial charge in [0.1, 0.15) is 6.04 Å². The fraction of sp³-hybridized carbons (Fsp3) is 0.875. The maximum Gasteiger partial charge on any atom is 0.323 e. The Morgan fingerprint density at radius 3 is 2.92 bits per heavy atom. The molecule has 1 heterocycles. The fourth-order valence-electron chi connectivity index (χ4n) is 1.31. The third-order valence-corrected chi connectivity index (χ3v) is 1.99. The van der Waals surface area contributed by atoms with Crippen LogP contribution in [0.4, 0.5) is 0 Å². The minimum Gasteiger partial charge on any atom is -0.465 e. The van der Waals surface area contributed by atoms with Crippen molar-refractivity contribution < 1.29 is 14.3 Å². The number of esters is 1. The highest BCUT2D eigenvalue weighted by molar-refractivity contribution is 5.76. The summed E-state index contributed by atoms with van der Waals surface area (Å²) in [5, 5.41) is 3.04. The molecule has 1 aliphatic rings. The molecule has 4 nitrogen and oxygen atoms in total. The number of hydrogen-bond acceptors (Lipinski definition) is 4. The van der Waals surface area contributed by atoms with E-state index in [-0.39, 0.29) is 18.1 Å². The zero-order valence-electron chi connectivity index (χ0n) is 7.50. The van der Waals surface area contributed by atoms with Crippen LogP contribution in [-0.2, 0) is 14.3 Å². The molecule has 1 fully saturated rings. The molecule has 0 unspecified atom stereocenters. The number of hydrogen-bond donors (Lipinski definition) is 1. The van der Waals surface area contributed by atoms with Crippen LogP contribution in [0.5, 0.6) is 0 Å². The first-order valence-electron chi connectivity index (χ1n) is 4.20. The molecule has 0 aromatic carbocycles. The van der Waals surface area contributed by atoms with Gasteiger partial charge >= 0.3 is 5.97 Å². The summed E-state index contributed by atoms with van der Waals surface area (Å²) in [6, 6.07) is -0.171. The van der Waals surface area contributed by atoms with E-state index < -0.39 is 0 Å². The van der Waals surface area contributed by atoms with Gasteiger partial charge in [-0.3, -0.25) is 4.79 Å². The van der Waals surface area contributed by atoms with Gasteiger partial charge in [0, 0.05) is 20.1 Å². The largest absolute Gasteiger partial charge is 0.465 e. The molecule has 4 heteroatoms. The first-order chi connectivity index (χ1) is 5.77. The summed E-state index contributed by atoms with van der Waals surface area (Å²) in [6.07, 6.45) is 0.870. The van der Waals surface area contributed by atoms with E-state index in [1.807, 2.05) is 0 Å². The van der Waals surface area contributed by atoms with Crippen molar-refractivity contribution in [3.8, 4) is 0 Å². The summed E-state index contributed by atoms with van der Waals surface area (Å²) in [5.41, 5.74) is 0. The van der Waals surface area contributed by atoms with Gasteiger partial charge in [-0.25, -0.2) is 0 Å². The van der Waals surface area contributed by atoms with Crippen molar-refractivity contribution >= 4 is 5.97 Å². The van der Waals surface area contributed by atoms with Gasteiger partial charge in [0.15, 0.2) is 0 Å². The average Bonchev–Trinajstić information content (AvgIpc) is 2.52. The van der Waals surface area contributed by atoms with Gasteiger partial charge in [-0.1, -0.05) is 0 Å². The number of ether oxygens (including phenoxy) is 2. The predicted molar refractivity (Wildman–Crippen MR) is 43.8 cm³/mol. The van der Waals surface area contributed by atoms with Crippen LogP contribution in [0.25, 0.3) is 0 Å². The van der Waals surface area contributed by atoms with E-state index in [0.29, 0.717) is 6.61 Å². The molecule has 2 atom stereocenters. The topological polar surface area (TPSA) is 47.6 Å². The molecule has 1 rings (SSSR count). The molecule has 0 aliphatic carbocycles. The molecular formula is C8H15NO3. The molecule has 0 saturated carbocycles. The van der Waals surface area contributed by atoms with Crippen LogP contribution >= 0.6 is 0 Å². The quantitative estimate of drug-likeness (QED) is 0.607. The second-order valence-corrected chi connectivity index (χ2v) is 2.81. The number of rotatable bonds is 3. The van der Waals surface area contributed by atoms with Gasteiger partial charge in [-0.2, -0.15) is 0 Å². The molecule has 0 spiro atoms. The maximum atomic E-state index is 11.2. The van der Waals surface area contributed by atoms with Gasteiger partial charge in [0.25, 0.3) is 0 Å². The lowest BCUT2D eigenvalue weighted by molar-refractivity contribution is -0.145. The molecular weight excluding hydrogens is 158 g/mol.